The molecule has 0 bridgehead atoms. The van der Waals surface area contributed by atoms with Crippen molar-refractivity contribution in [2.75, 3.05) is 0 Å². The van der Waals surface area contributed by atoms with Crippen molar-refractivity contribution in [3.63, 3.8) is 0 Å². The molecule has 9 rings (SSSR count). The molecule has 0 N–H and O–H groups in total. The Morgan fingerprint density at radius 1 is 0.286 bits per heavy atom. The summed E-state index contributed by atoms with van der Waals surface area (Å²) in [7, 11) is 0. The summed E-state index contributed by atoms with van der Waals surface area (Å²) in [5.41, 5.74) is 4.92. The molecule has 194 valence electrons. The molecule has 0 fully saturated rings. The lowest BCUT2D eigenvalue weighted by Gasteiger charge is -2.16. The average Bonchev–Trinajstić information content (AvgIpc) is 3.05. The molecule has 0 radical (unpaired) electrons. The van der Waals surface area contributed by atoms with Crippen molar-refractivity contribution in [2.45, 2.75) is 0 Å². The summed E-state index contributed by atoms with van der Waals surface area (Å²) in [6.07, 6.45) is 4.41. The summed E-state index contributed by atoms with van der Waals surface area (Å²) in [6, 6.07) is 53.6. The van der Waals surface area contributed by atoms with Crippen molar-refractivity contribution in [3.05, 3.63) is 157 Å². The van der Waals surface area contributed by atoms with Crippen LogP contribution in [0.25, 0.3) is 87.9 Å². The molecule has 42 heavy (non-hydrogen) atoms. The maximum atomic E-state index is 2.40. The van der Waals surface area contributed by atoms with Gasteiger partial charge in [-0.2, -0.15) is 0 Å². The van der Waals surface area contributed by atoms with Crippen LogP contribution in [0.5, 0.6) is 0 Å². The molecule has 0 aliphatic carbocycles. The van der Waals surface area contributed by atoms with Crippen LogP contribution in [0.3, 0.4) is 0 Å². The van der Waals surface area contributed by atoms with Crippen LogP contribution in [0.2, 0.25) is 0 Å². The third-order valence-electron chi connectivity index (χ3n) is 8.90. The van der Waals surface area contributed by atoms with Crippen LogP contribution in [0.4, 0.5) is 0 Å². The Hall–Kier alpha value is -5.46. The predicted octanol–water partition coefficient (Wildman–Crippen LogP) is 11.9. The van der Waals surface area contributed by atoms with Gasteiger partial charge in [0, 0.05) is 0 Å². The quantitative estimate of drug-likeness (QED) is 0.121. The number of benzene rings is 9. The molecule has 0 atom stereocenters. The van der Waals surface area contributed by atoms with Gasteiger partial charge >= 0.3 is 0 Å². The van der Waals surface area contributed by atoms with Crippen LogP contribution in [-0.4, -0.2) is 0 Å². The van der Waals surface area contributed by atoms with E-state index in [0.29, 0.717) is 0 Å². The second kappa shape index (κ2) is 9.03. The smallest absolute Gasteiger partial charge is 0.00259 e. The van der Waals surface area contributed by atoms with Gasteiger partial charge in [-0.3, -0.25) is 0 Å². The zero-order chi connectivity index (χ0) is 27.6. The lowest BCUT2D eigenvalue weighted by atomic mass is 9.87. The lowest BCUT2D eigenvalue weighted by molar-refractivity contribution is 1.67. The molecule has 0 unspecified atom stereocenters. The minimum Gasteiger partial charge on any atom is -0.0616 e. The molecule has 0 aromatic heterocycles. The van der Waals surface area contributed by atoms with Crippen LogP contribution in [0.15, 0.2) is 146 Å². The SMILES string of the molecule is C(=Cc1ccc2cc(-c3cc4cccc5c6cccc7cccc(c(c3)c45)c76)ccc2c1)c1ccc2ccccc2c1. The van der Waals surface area contributed by atoms with E-state index in [9.17, 15) is 0 Å². The average molecular weight is 531 g/mol. The van der Waals surface area contributed by atoms with Gasteiger partial charge < -0.3 is 0 Å². The Balaban J connectivity index is 1.14. The lowest BCUT2D eigenvalue weighted by Crippen LogP contribution is -1.88. The van der Waals surface area contributed by atoms with Crippen molar-refractivity contribution >= 4 is 76.8 Å². The van der Waals surface area contributed by atoms with Crippen molar-refractivity contribution in [2.24, 2.45) is 0 Å². The van der Waals surface area contributed by atoms with E-state index in [4.69, 9.17) is 0 Å². The highest BCUT2D eigenvalue weighted by molar-refractivity contribution is 6.33. The van der Waals surface area contributed by atoms with E-state index < -0.39 is 0 Å². The van der Waals surface area contributed by atoms with Gasteiger partial charge in [0.25, 0.3) is 0 Å². The van der Waals surface area contributed by atoms with E-state index in [1.165, 1.54) is 86.9 Å². The molecular formula is C42H26. The van der Waals surface area contributed by atoms with E-state index in [0.717, 1.165) is 0 Å². The Kier molecular flexibility index (Phi) is 5.00. The van der Waals surface area contributed by atoms with Gasteiger partial charge in [-0.1, -0.05) is 127 Å². The highest BCUT2D eigenvalue weighted by atomic mass is 14.2. The van der Waals surface area contributed by atoms with Gasteiger partial charge in [0.2, 0.25) is 0 Å². The van der Waals surface area contributed by atoms with Crippen molar-refractivity contribution < 1.29 is 0 Å². The van der Waals surface area contributed by atoms with Gasteiger partial charge in [0.05, 0.1) is 0 Å². The molecule has 0 saturated carbocycles. The van der Waals surface area contributed by atoms with Crippen molar-refractivity contribution in [1.82, 2.24) is 0 Å². The molecule has 0 heterocycles. The normalized spacial score (nSPS) is 12.2. The molecule has 0 aliphatic rings. The Morgan fingerprint density at radius 3 is 1.52 bits per heavy atom. The van der Waals surface area contributed by atoms with Gasteiger partial charge in [0.1, 0.15) is 0 Å². The Bertz CT molecular complexity index is 2510. The first-order valence-electron chi connectivity index (χ1n) is 14.6. The Morgan fingerprint density at radius 2 is 0.786 bits per heavy atom. The van der Waals surface area contributed by atoms with Crippen LogP contribution < -0.4 is 0 Å². The molecule has 9 aromatic rings. The standard InChI is InChI=1S/C42H26/c1-2-7-31-22-27(16-18-29(31)6-1)14-15-28-17-19-33-24-34(21-20-32(33)23-28)36-25-35-10-5-12-38-37-11-3-8-30-9-4-13-39(41(30)37)40(26-36)42(35)38/h1-26H. The first-order chi connectivity index (χ1) is 20.8. The maximum Gasteiger partial charge on any atom is -0.00259 e. The monoisotopic (exact) mass is 530 g/mol. The molecule has 0 spiro atoms. The molecular weight excluding hydrogens is 504 g/mol. The zero-order valence-electron chi connectivity index (χ0n) is 23.0. The summed E-state index contributed by atoms with van der Waals surface area (Å²) in [5.74, 6) is 0. The predicted molar refractivity (Wildman–Crippen MR) is 183 cm³/mol. The summed E-state index contributed by atoms with van der Waals surface area (Å²) in [4.78, 5) is 0. The second-order valence-electron chi connectivity index (χ2n) is 11.4. The number of fused-ring (bicyclic) bond motifs is 4. The summed E-state index contributed by atoms with van der Waals surface area (Å²) >= 11 is 0. The fourth-order valence-electron chi connectivity index (χ4n) is 6.87. The van der Waals surface area contributed by atoms with E-state index in [1.54, 1.807) is 0 Å². The first kappa shape index (κ1) is 23.3. The molecule has 9 aromatic carbocycles. The molecule has 0 saturated heterocycles. The van der Waals surface area contributed by atoms with Gasteiger partial charge in [-0.25, -0.2) is 0 Å². The minimum absolute atomic E-state index is 1.21. The molecule has 0 nitrogen and oxygen atoms in total. The fraction of sp³-hybridized carbons (Fsp3) is 0. The molecule has 0 amide bonds. The van der Waals surface area contributed by atoms with E-state index in [2.05, 4.69) is 158 Å². The second-order valence-corrected chi connectivity index (χ2v) is 11.4. The van der Waals surface area contributed by atoms with Crippen molar-refractivity contribution in [3.8, 4) is 11.1 Å². The third-order valence-corrected chi connectivity index (χ3v) is 8.90. The van der Waals surface area contributed by atoms with Crippen LogP contribution in [0.1, 0.15) is 11.1 Å². The van der Waals surface area contributed by atoms with Crippen molar-refractivity contribution in [1.29, 1.82) is 0 Å². The Labute approximate surface area is 244 Å². The zero-order valence-corrected chi connectivity index (χ0v) is 23.0. The topological polar surface area (TPSA) is 0 Å². The number of hydrogen-bond donors (Lipinski definition) is 0. The van der Waals surface area contributed by atoms with Crippen LogP contribution in [-0.2, 0) is 0 Å². The fourth-order valence-corrected chi connectivity index (χ4v) is 6.87. The summed E-state index contributed by atoms with van der Waals surface area (Å²) in [5, 5.41) is 15.7. The molecule has 0 aliphatic heterocycles. The van der Waals surface area contributed by atoms with Crippen LogP contribution in [0, 0.1) is 0 Å². The van der Waals surface area contributed by atoms with E-state index in [1.807, 2.05) is 0 Å². The summed E-state index contributed by atoms with van der Waals surface area (Å²) < 4.78 is 0. The molecule has 0 heteroatoms. The van der Waals surface area contributed by atoms with Gasteiger partial charge in [-0.05, 0) is 117 Å². The third kappa shape index (κ3) is 3.62. The highest BCUT2D eigenvalue weighted by Crippen LogP contribution is 2.42. The number of rotatable bonds is 3. The number of hydrogen-bond acceptors (Lipinski definition) is 0. The first-order valence-corrected chi connectivity index (χ1v) is 14.6. The van der Waals surface area contributed by atoms with Gasteiger partial charge in [0.15, 0.2) is 0 Å². The largest absolute Gasteiger partial charge is 0.0616 e. The van der Waals surface area contributed by atoms with E-state index in [-0.39, 0.29) is 0 Å². The minimum atomic E-state index is 1.21. The van der Waals surface area contributed by atoms with Gasteiger partial charge in [-0.15, -0.1) is 0 Å². The summed E-state index contributed by atoms with van der Waals surface area (Å²) in [6.45, 7) is 0. The maximum absolute atomic E-state index is 2.40. The van der Waals surface area contributed by atoms with Crippen LogP contribution >= 0.6 is 0 Å². The van der Waals surface area contributed by atoms with E-state index >= 15 is 0 Å². The highest BCUT2D eigenvalue weighted by Gasteiger charge is 2.14.